The fourth-order valence-electron chi connectivity index (χ4n) is 2.22. The molecule has 0 amide bonds. The fraction of sp³-hybridized carbons (Fsp3) is 0.438. The standard InChI is InChI=1S/C16H23N3/c1-12(2)14-5-7-15(8-6-14)16(17)9-4-13-10-18-19(3)11-13/h5-8,10-12,16H,4,9,17H2,1-3H3. The van der Waals surface area contributed by atoms with Gasteiger partial charge in [-0.05, 0) is 35.4 Å². The molecule has 2 aromatic rings. The minimum atomic E-state index is 0.0985. The summed E-state index contributed by atoms with van der Waals surface area (Å²) >= 11 is 0. The van der Waals surface area contributed by atoms with Crippen LogP contribution in [0.2, 0.25) is 0 Å². The van der Waals surface area contributed by atoms with Gasteiger partial charge in [-0.2, -0.15) is 5.10 Å². The first-order chi connectivity index (χ1) is 9.06. The highest BCUT2D eigenvalue weighted by molar-refractivity contribution is 5.26. The Hall–Kier alpha value is -1.61. The number of hydrogen-bond donors (Lipinski definition) is 1. The SMILES string of the molecule is CC(C)c1ccc(C(N)CCc2cnn(C)c2)cc1. The Morgan fingerprint density at radius 2 is 1.79 bits per heavy atom. The number of benzene rings is 1. The molecule has 3 heteroatoms. The van der Waals surface area contributed by atoms with Gasteiger partial charge in [0.2, 0.25) is 0 Å². The van der Waals surface area contributed by atoms with Gasteiger partial charge in [0.1, 0.15) is 0 Å². The number of rotatable bonds is 5. The van der Waals surface area contributed by atoms with E-state index in [4.69, 9.17) is 5.73 Å². The van der Waals surface area contributed by atoms with Crippen molar-refractivity contribution in [3.05, 3.63) is 53.3 Å². The molecule has 0 aliphatic heterocycles. The van der Waals surface area contributed by atoms with E-state index in [0.29, 0.717) is 5.92 Å². The molecule has 0 aliphatic rings. The van der Waals surface area contributed by atoms with Gasteiger partial charge in [0, 0.05) is 19.3 Å². The van der Waals surface area contributed by atoms with E-state index in [9.17, 15) is 0 Å². The van der Waals surface area contributed by atoms with Gasteiger partial charge >= 0.3 is 0 Å². The first-order valence-electron chi connectivity index (χ1n) is 6.89. The van der Waals surface area contributed by atoms with Gasteiger partial charge in [0.15, 0.2) is 0 Å². The van der Waals surface area contributed by atoms with E-state index < -0.39 is 0 Å². The Kier molecular flexibility index (Phi) is 4.38. The van der Waals surface area contributed by atoms with Gasteiger partial charge < -0.3 is 5.73 Å². The van der Waals surface area contributed by atoms with Crippen molar-refractivity contribution in [2.24, 2.45) is 12.8 Å². The van der Waals surface area contributed by atoms with E-state index in [0.717, 1.165) is 12.8 Å². The molecular formula is C16H23N3. The van der Waals surface area contributed by atoms with Crippen LogP contribution in [-0.2, 0) is 13.5 Å². The predicted octanol–water partition coefficient (Wildman–Crippen LogP) is 3.18. The van der Waals surface area contributed by atoms with Gasteiger partial charge in [0.05, 0.1) is 6.20 Å². The van der Waals surface area contributed by atoms with Crippen LogP contribution in [0, 0.1) is 0 Å². The Morgan fingerprint density at radius 1 is 1.16 bits per heavy atom. The van der Waals surface area contributed by atoms with Crippen LogP contribution in [-0.4, -0.2) is 9.78 Å². The molecule has 1 aromatic carbocycles. The Balaban J connectivity index is 1.94. The monoisotopic (exact) mass is 257 g/mol. The van der Waals surface area contributed by atoms with E-state index in [-0.39, 0.29) is 6.04 Å². The van der Waals surface area contributed by atoms with Gasteiger partial charge in [-0.15, -0.1) is 0 Å². The summed E-state index contributed by atoms with van der Waals surface area (Å²) in [7, 11) is 1.94. The smallest absolute Gasteiger partial charge is 0.0521 e. The lowest BCUT2D eigenvalue weighted by Crippen LogP contribution is -2.11. The van der Waals surface area contributed by atoms with Crippen LogP contribution in [0.25, 0.3) is 0 Å². The second-order valence-electron chi connectivity index (χ2n) is 5.49. The average Bonchev–Trinajstić information content (AvgIpc) is 2.82. The second-order valence-corrected chi connectivity index (χ2v) is 5.49. The molecule has 1 unspecified atom stereocenters. The first kappa shape index (κ1) is 13.8. The van der Waals surface area contributed by atoms with Gasteiger partial charge in [0.25, 0.3) is 0 Å². The van der Waals surface area contributed by atoms with Gasteiger partial charge in [-0.3, -0.25) is 4.68 Å². The van der Waals surface area contributed by atoms with E-state index in [1.54, 1.807) is 0 Å². The lowest BCUT2D eigenvalue weighted by molar-refractivity contribution is 0.650. The normalized spacial score (nSPS) is 12.9. The van der Waals surface area contributed by atoms with Crippen LogP contribution in [0.15, 0.2) is 36.7 Å². The van der Waals surface area contributed by atoms with Crippen molar-refractivity contribution < 1.29 is 0 Å². The van der Waals surface area contributed by atoms with Crippen molar-refractivity contribution >= 4 is 0 Å². The zero-order valence-electron chi connectivity index (χ0n) is 12.0. The number of nitrogens with two attached hydrogens (primary N) is 1. The number of aryl methyl sites for hydroxylation is 2. The van der Waals surface area contributed by atoms with Crippen LogP contribution < -0.4 is 5.73 Å². The number of hydrogen-bond acceptors (Lipinski definition) is 2. The molecule has 1 aromatic heterocycles. The highest BCUT2D eigenvalue weighted by Gasteiger charge is 2.08. The summed E-state index contributed by atoms with van der Waals surface area (Å²) in [5.74, 6) is 0.570. The molecule has 0 bridgehead atoms. The lowest BCUT2D eigenvalue weighted by atomic mass is 9.97. The summed E-state index contributed by atoms with van der Waals surface area (Å²) in [6.07, 6.45) is 5.89. The first-order valence-corrected chi connectivity index (χ1v) is 6.89. The highest BCUT2D eigenvalue weighted by atomic mass is 15.2. The van der Waals surface area contributed by atoms with Gasteiger partial charge in [-0.1, -0.05) is 38.1 Å². The summed E-state index contributed by atoms with van der Waals surface area (Å²) in [6, 6.07) is 8.78. The summed E-state index contributed by atoms with van der Waals surface area (Å²) in [5, 5.41) is 4.17. The number of aromatic nitrogens is 2. The molecule has 3 nitrogen and oxygen atoms in total. The van der Waals surface area contributed by atoms with E-state index in [1.807, 2.05) is 17.9 Å². The maximum Gasteiger partial charge on any atom is 0.0521 e. The molecule has 0 radical (unpaired) electrons. The van der Waals surface area contributed by atoms with Crippen molar-refractivity contribution in [1.29, 1.82) is 0 Å². The van der Waals surface area contributed by atoms with E-state index >= 15 is 0 Å². The third-order valence-corrected chi connectivity index (χ3v) is 3.53. The maximum atomic E-state index is 6.25. The Labute approximate surface area is 115 Å². The van der Waals surface area contributed by atoms with E-state index in [1.165, 1.54) is 16.7 Å². The number of nitrogens with zero attached hydrogens (tertiary/aromatic N) is 2. The second kappa shape index (κ2) is 6.02. The van der Waals surface area contributed by atoms with Crippen LogP contribution >= 0.6 is 0 Å². The zero-order valence-corrected chi connectivity index (χ0v) is 12.0. The third kappa shape index (κ3) is 3.67. The Morgan fingerprint density at radius 3 is 2.32 bits per heavy atom. The van der Waals surface area contributed by atoms with E-state index in [2.05, 4.69) is 49.4 Å². The Bertz CT molecular complexity index is 511. The minimum Gasteiger partial charge on any atom is -0.324 e. The lowest BCUT2D eigenvalue weighted by Gasteiger charge is -2.13. The third-order valence-electron chi connectivity index (χ3n) is 3.53. The van der Waals surface area contributed by atoms with Crippen LogP contribution in [0.5, 0.6) is 0 Å². The average molecular weight is 257 g/mol. The molecule has 2 N–H and O–H groups in total. The molecule has 19 heavy (non-hydrogen) atoms. The molecule has 1 heterocycles. The minimum absolute atomic E-state index is 0.0985. The summed E-state index contributed by atoms with van der Waals surface area (Å²) < 4.78 is 1.83. The molecule has 102 valence electrons. The maximum absolute atomic E-state index is 6.25. The molecule has 0 saturated heterocycles. The molecule has 0 fully saturated rings. The predicted molar refractivity (Wildman–Crippen MR) is 79.0 cm³/mol. The largest absolute Gasteiger partial charge is 0.324 e. The van der Waals surface area contributed by atoms with Crippen molar-refractivity contribution in [3.8, 4) is 0 Å². The topological polar surface area (TPSA) is 43.8 Å². The molecule has 0 saturated carbocycles. The van der Waals surface area contributed by atoms with Crippen molar-refractivity contribution in [1.82, 2.24) is 9.78 Å². The summed E-state index contributed by atoms with van der Waals surface area (Å²) in [4.78, 5) is 0. The summed E-state index contributed by atoms with van der Waals surface area (Å²) in [5.41, 5.74) is 10.1. The quantitative estimate of drug-likeness (QED) is 0.894. The van der Waals surface area contributed by atoms with Crippen molar-refractivity contribution in [3.63, 3.8) is 0 Å². The van der Waals surface area contributed by atoms with Gasteiger partial charge in [-0.25, -0.2) is 0 Å². The molecule has 1 atom stereocenters. The van der Waals surface area contributed by atoms with Crippen molar-refractivity contribution in [2.45, 2.75) is 38.6 Å². The van der Waals surface area contributed by atoms with Crippen molar-refractivity contribution in [2.75, 3.05) is 0 Å². The highest BCUT2D eigenvalue weighted by Crippen LogP contribution is 2.20. The van der Waals surface area contributed by atoms with Crippen LogP contribution in [0.4, 0.5) is 0 Å². The summed E-state index contributed by atoms with van der Waals surface area (Å²) in [6.45, 7) is 4.41. The van der Waals surface area contributed by atoms with Crippen LogP contribution in [0.3, 0.4) is 0 Å². The molecule has 2 rings (SSSR count). The molecule has 0 spiro atoms. The fourth-order valence-corrected chi connectivity index (χ4v) is 2.22. The van der Waals surface area contributed by atoms with Crippen LogP contribution in [0.1, 0.15) is 48.9 Å². The molecular weight excluding hydrogens is 234 g/mol. The zero-order chi connectivity index (χ0) is 13.8. The molecule has 0 aliphatic carbocycles.